The molecule has 0 bridgehead atoms. The van der Waals surface area contributed by atoms with E-state index >= 15 is 0 Å². The van der Waals surface area contributed by atoms with E-state index in [0.717, 1.165) is 11.1 Å². The second-order valence-corrected chi connectivity index (χ2v) is 10.3. The SMILES string of the molecule is O=C(c1ccc([N+](=O)[O-])cc1)N1CCN(c2nc(NCc3ccccc3Cl)c3ncn(Cc4ccccc4)c3n2)CC1. The number of imidazole rings is 1. The number of nitrogens with one attached hydrogen (secondary N) is 1. The number of benzene rings is 3. The first-order valence-electron chi connectivity index (χ1n) is 13.5. The molecule has 1 N–H and O–H groups in total. The molecule has 3 aromatic carbocycles. The Morgan fingerprint density at radius 1 is 0.929 bits per heavy atom. The molecule has 1 amide bonds. The minimum absolute atomic E-state index is 0.0469. The lowest BCUT2D eigenvalue weighted by Crippen LogP contribution is -2.49. The summed E-state index contributed by atoms with van der Waals surface area (Å²) >= 11 is 6.40. The molecule has 1 aliphatic rings. The van der Waals surface area contributed by atoms with Gasteiger partial charge >= 0.3 is 0 Å². The number of hydrogen-bond donors (Lipinski definition) is 1. The van der Waals surface area contributed by atoms with Crippen LogP contribution in [-0.4, -0.2) is 61.4 Å². The van der Waals surface area contributed by atoms with E-state index < -0.39 is 4.92 Å². The van der Waals surface area contributed by atoms with Gasteiger partial charge in [-0.25, -0.2) is 4.98 Å². The van der Waals surface area contributed by atoms with Crippen LogP contribution < -0.4 is 10.2 Å². The van der Waals surface area contributed by atoms with Crippen LogP contribution in [0.1, 0.15) is 21.5 Å². The second-order valence-electron chi connectivity index (χ2n) is 9.93. The predicted octanol–water partition coefficient (Wildman–Crippen LogP) is 5.01. The van der Waals surface area contributed by atoms with Crippen LogP contribution in [0.4, 0.5) is 17.5 Å². The lowest BCUT2D eigenvalue weighted by atomic mass is 10.1. The molecule has 0 radical (unpaired) electrons. The molecule has 0 saturated carbocycles. The smallest absolute Gasteiger partial charge is 0.269 e. The van der Waals surface area contributed by atoms with Gasteiger partial charge in [0.1, 0.15) is 0 Å². The number of nitro groups is 1. The highest BCUT2D eigenvalue weighted by Crippen LogP contribution is 2.26. The van der Waals surface area contributed by atoms with Gasteiger partial charge in [-0.15, -0.1) is 0 Å². The monoisotopic (exact) mass is 582 g/mol. The van der Waals surface area contributed by atoms with Crippen molar-refractivity contribution in [2.75, 3.05) is 36.4 Å². The maximum absolute atomic E-state index is 13.1. The molecule has 42 heavy (non-hydrogen) atoms. The molecule has 3 heterocycles. The molecule has 12 heteroatoms. The first kappa shape index (κ1) is 27.2. The Labute approximate surface area is 246 Å². The minimum atomic E-state index is -0.479. The highest BCUT2D eigenvalue weighted by atomic mass is 35.5. The van der Waals surface area contributed by atoms with Crippen molar-refractivity contribution in [3.05, 3.63) is 117 Å². The summed E-state index contributed by atoms with van der Waals surface area (Å²) in [6.07, 6.45) is 1.78. The fourth-order valence-electron chi connectivity index (χ4n) is 4.93. The van der Waals surface area contributed by atoms with Crippen molar-refractivity contribution >= 4 is 46.1 Å². The normalized spacial score (nSPS) is 13.4. The number of piperazine rings is 1. The molecular weight excluding hydrogens is 556 g/mol. The van der Waals surface area contributed by atoms with E-state index in [0.29, 0.717) is 72.8 Å². The van der Waals surface area contributed by atoms with E-state index in [2.05, 4.69) is 27.3 Å². The quantitative estimate of drug-likeness (QED) is 0.200. The Kier molecular flexibility index (Phi) is 7.65. The Morgan fingerprint density at radius 3 is 2.36 bits per heavy atom. The third kappa shape index (κ3) is 5.72. The van der Waals surface area contributed by atoms with Gasteiger partial charge in [-0.05, 0) is 29.3 Å². The van der Waals surface area contributed by atoms with Gasteiger partial charge in [0.15, 0.2) is 17.0 Å². The molecule has 212 valence electrons. The van der Waals surface area contributed by atoms with Gasteiger partial charge in [0.2, 0.25) is 5.95 Å². The summed E-state index contributed by atoms with van der Waals surface area (Å²) in [6, 6.07) is 23.4. The summed E-state index contributed by atoms with van der Waals surface area (Å²) < 4.78 is 2.00. The van der Waals surface area contributed by atoms with Gasteiger partial charge < -0.3 is 19.7 Å². The fraction of sp³-hybridized carbons (Fsp3) is 0.200. The highest BCUT2D eigenvalue weighted by Gasteiger charge is 2.25. The number of aromatic nitrogens is 4. The van der Waals surface area contributed by atoms with E-state index in [1.54, 1.807) is 11.2 Å². The standard InChI is InChI=1S/C30H27ClN8O3/c31-25-9-5-4-8-23(25)18-32-27-26-28(38(20-33-26)19-21-6-2-1-3-7-21)35-30(34-27)37-16-14-36(15-17-37)29(40)22-10-12-24(13-11-22)39(41)42/h1-13,20H,14-19H2,(H,32,34,35). The van der Waals surface area contributed by atoms with Crippen LogP contribution >= 0.6 is 11.6 Å². The van der Waals surface area contributed by atoms with Gasteiger partial charge in [-0.2, -0.15) is 9.97 Å². The average Bonchev–Trinajstić information content (AvgIpc) is 3.43. The molecule has 1 fully saturated rings. The van der Waals surface area contributed by atoms with Crippen LogP contribution in [0.3, 0.4) is 0 Å². The molecule has 0 aliphatic carbocycles. The number of non-ortho nitro benzene ring substituents is 1. The van der Waals surface area contributed by atoms with Crippen molar-refractivity contribution in [2.24, 2.45) is 0 Å². The van der Waals surface area contributed by atoms with Crippen LogP contribution in [0.25, 0.3) is 11.2 Å². The molecule has 0 unspecified atom stereocenters. The minimum Gasteiger partial charge on any atom is -0.364 e. The molecule has 11 nitrogen and oxygen atoms in total. The zero-order chi connectivity index (χ0) is 29.1. The van der Waals surface area contributed by atoms with Crippen molar-refractivity contribution in [1.29, 1.82) is 0 Å². The predicted molar refractivity (Wildman–Crippen MR) is 161 cm³/mol. The van der Waals surface area contributed by atoms with Gasteiger partial charge in [-0.1, -0.05) is 60.1 Å². The number of fused-ring (bicyclic) bond motifs is 1. The van der Waals surface area contributed by atoms with Crippen molar-refractivity contribution in [3.63, 3.8) is 0 Å². The van der Waals surface area contributed by atoms with Crippen molar-refractivity contribution in [1.82, 2.24) is 24.4 Å². The first-order valence-corrected chi connectivity index (χ1v) is 13.9. The molecule has 2 aromatic heterocycles. The third-order valence-electron chi connectivity index (χ3n) is 7.23. The summed E-state index contributed by atoms with van der Waals surface area (Å²) in [5.41, 5.74) is 3.80. The summed E-state index contributed by atoms with van der Waals surface area (Å²) in [5.74, 6) is 0.983. The Morgan fingerprint density at radius 2 is 1.64 bits per heavy atom. The van der Waals surface area contributed by atoms with E-state index in [4.69, 9.17) is 21.6 Å². The summed E-state index contributed by atoms with van der Waals surface area (Å²) in [7, 11) is 0. The number of carbonyl (C=O) groups is 1. The van der Waals surface area contributed by atoms with E-state index in [9.17, 15) is 14.9 Å². The molecule has 0 spiro atoms. The van der Waals surface area contributed by atoms with Crippen LogP contribution in [0.2, 0.25) is 5.02 Å². The Balaban J connectivity index is 1.24. The number of rotatable bonds is 8. The van der Waals surface area contributed by atoms with E-state index in [1.807, 2.05) is 47.0 Å². The molecule has 0 atom stereocenters. The number of nitro benzene ring substituents is 1. The number of carbonyl (C=O) groups excluding carboxylic acids is 1. The van der Waals surface area contributed by atoms with Crippen molar-refractivity contribution in [3.8, 4) is 0 Å². The Hall–Kier alpha value is -5.03. The van der Waals surface area contributed by atoms with Gasteiger partial charge in [0, 0.05) is 55.4 Å². The summed E-state index contributed by atoms with van der Waals surface area (Å²) in [6.45, 7) is 3.05. The van der Waals surface area contributed by atoms with Crippen LogP contribution in [0, 0.1) is 10.1 Å². The lowest BCUT2D eigenvalue weighted by Gasteiger charge is -2.35. The molecule has 5 aromatic rings. The van der Waals surface area contributed by atoms with Gasteiger partial charge in [0.05, 0.1) is 17.8 Å². The van der Waals surface area contributed by atoms with Crippen LogP contribution in [0.5, 0.6) is 0 Å². The molecule has 6 rings (SSSR count). The summed E-state index contributed by atoms with van der Waals surface area (Å²) in [4.78, 5) is 41.8. The largest absolute Gasteiger partial charge is 0.364 e. The van der Waals surface area contributed by atoms with Crippen LogP contribution in [0.15, 0.2) is 85.2 Å². The van der Waals surface area contributed by atoms with Crippen molar-refractivity contribution in [2.45, 2.75) is 13.1 Å². The molecular formula is C30H27ClN8O3. The molecule has 1 saturated heterocycles. The zero-order valence-electron chi connectivity index (χ0n) is 22.6. The Bertz CT molecular complexity index is 1740. The number of anilines is 2. The van der Waals surface area contributed by atoms with Gasteiger partial charge in [0.25, 0.3) is 11.6 Å². The topological polar surface area (TPSA) is 122 Å². The van der Waals surface area contributed by atoms with Gasteiger partial charge in [-0.3, -0.25) is 14.9 Å². The molecule has 1 aliphatic heterocycles. The fourth-order valence-corrected chi connectivity index (χ4v) is 5.13. The lowest BCUT2D eigenvalue weighted by molar-refractivity contribution is -0.384. The number of halogens is 1. The van der Waals surface area contributed by atoms with E-state index in [1.165, 1.54) is 24.3 Å². The summed E-state index contributed by atoms with van der Waals surface area (Å²) in [5, 5.41) is 15.0. The highest BCUT2D eigenvalue weighted by molar-refractivity contribution is 6.31. The number of hydrogen-bond acceptors (Lipinski definition) is 8. The maximum atomic E-state index is 13.1. The first-order chi connectivity index (χ1) is 20.5. The maximum Gasteiger partial charge on any atom is 0.269 e. The number of nitrogens with zero attached hydrogens (tertiary/aromatic N) is 7. The van der Waals surface area contributed by atoms with E-state index in [-0.39, 0.29) is 11.6 Å². The second kappa shape index (κ2) is 11.8. The van der Waals surface area contributed by atoms with Crippen LogP contribution in [-0.2, 0) is 13.1 Å². The zero-order valence-corrected chi connectivity index (χ0v) is 23.3. The average molecular weight is 583 g/mol. The third-order valence-corrected chi connectivity index (χ3v) is 7.60. The van der Waals surface area contributed by atoms with Crippen molar-refractivity contribution < 1.29 is 9.72 Å². The number of amides is 1.